The number of ether oxygens (including phenoxy) is 1. The van der Waals surface area contributed by atoms with Crippen LogP contribution in [-0.2, 0) is 20.0 Å². The summed E-state index contributed by atoms with van der Waals surface area (Å²) in [7, 11) is -6.40. The maximum Gasteiger partial charge on any atom is 0.261 e. The van der Waals surface area contributed by atoms with E-state index in [4.69, 9.17) is 4.74 Å². The minimum Gasteiger partial charge on any atom is -0.495 e. The van der Waals surface area contributed by atoms with Gasteiger partial charge in [-0.25, -0.2) is 16.8 Å². The van der Waals surface area contributed by atoms with E-state index in [0.29, 0.717) is 0 Å². The van der Waals surface area contributed by atoms with Crippen LogP contribution in [0.1, 0.15) is 20.7 Å². The fraction of sp³-hybridized carbons (Fsp3) is 0.125. The minimum absolute atomic E-state index is 0.0398. The van der Waals surface area contributed by atoms with Gasteiger partial charge in [-0.1, -0.05) is 0 Å². The van der Waals surface area contributed by atoms with Crippen LogP contribution in [0.2, 0.25) is 0 Å². The van der Waals surface area contributed by atoms with Gasteiger partial charge in [0.2, 0.25) is 10.0 Å². The van der Waals surface area contributed by atoms with Gasteiger partial charge in [-0.3, -0.25) is 24.4 Å². The second kappa shape index (κ2) is 6.80. The van der Waals surface area contributed by atoms with Crippen LogP contribution in [0.25, 0.3) is 0 Å². The molecule has 1 heterocycles. The molecule has 0 fully saturated rings. The number of nitrogens with one attached hydrogen (secondary N) is 3. The van der Waals surface area contributed by atoms with E-state index in [0.717, 1.165) is 12.3 Å². The third kappa shape index (κ3) is 3.92. The fourth-order valence-corrected chi connectivity index (χ4v) is 4.21. The number of methoxy groups -OCH3 is 1. The van der Waals surface area contributed by atoms with Crippen molar-refractivity contribution in [3.8, 4) is 5.75 Å². The molecular formula is C16H15N3O7S2. The molecule has 0 atom stereocenters. The Balaban J connectivity index is 1.95. The summed E-state index contributed by atoms with van der Waals surface area (Å²) in [6.07, 6.45) is 0.945. The molecule has 2 amide bonds. The topological polar surface area (TPSA) is 148 Å². The van der Waals surface area contributed by atoms with Crippen molar-refractivity contribution in [2.24, 2.45) is 0 Å². The molecule has 0 bridgehead atoms. The lowest BCUT2D eigenvalue weighted by Gasteiger charge is -2.13. The van der Waals surface area contributed by atoms with E-state index in [1.807, 2.05) is 0 Å². The predicted molar refractivity (Wildman–Crippen MR) is 101 cm³/mol. The summed E-state index contributed by atoms with van der Waals surface area (Å²) in [5, 5.41) is 2.08. The highest BCUT2D eigenvalue weighted by Gasteiger charge is 2.28. The Hall–Kier alpha value is -3.12. The molecule has 3 rings (SSSR count). The van der Waals surface area contributed by atoms with Crippen molar-refractivity contribution in [1.82, 2.24) is 5.32 Å². The molecule has 0 unspecified atom stereocenters. The van der Waals surface area contributed by atoms with Gasteiger partial charge in [-0.05, 0) is 36.4 Å². The highest BCUT2D eigenvalue weighted by atomic mass is 32.2. The number of carbonyl (C=O) groups excluding carboxylic acids is 2. The van der Waals surface area contributed by atoms with Crippen molar-refractivity contribution in [3.63, 3.8) is 0 Å². The van der Waals surface area contributed by atoms with Gasteiger partial charge in [-0.15, -0.1) is 0 Å². The number of amides is 2. The Labute approximate surface area is 161 Å². The molecule has 0 aliphatic carbocycles. The summed E-state index contributed by atoms with van der Waals surface area (Å²) in [5.74, 6) is -1.08. The molecule has 2 aromatic rings. The Bertz CT molecular complexity index is 1200. The first-order valence-corrected chi connectivity index (χ1v) is 11.1. The highest BCUT2D eigenvalue weighted by Crippen LogP contribution is 2.30. The van der Waals surface area contributed by atoms with Crippen molar-refractivity contribution in [1.29, 1.82) is 0 Å². The number of benzene rings is 2. The quantitative estimate of drug-likeness (QED) is 0.579. The van der Waals surface area contributed by atoms with E-state index < -0.39 is 31.9 Å². The Morgan fingerprint density at radius 1 is 0.893 bits per heavy atom. The summed E-state index contributed by atoms with van der Waals surface area (Å²) in [6, 6.07) is 7.55. The number of carbonyl (C=O) groups is 2. The first-order chi connectivity index (χ1) is 13.0. The van der Waals surface area contributed by atoms with E-state index in [1.54, 1.807) is 0 Å². The third-order valence-corrected chi connectivity index (χ3v) is 5.73. The van der Waals surface area contributed by atoms with E-state index in [1.165, 1.54) is 37.4 Å². The van der Waals surface area contributed by atoms with E-state index in [-0.39, 0.29) is 33.1 Å². The second-order valence-electron chi connectivity index (χ2n) is 5.89. The van der Waals surface area contributed by atoms with E-state index >= 15 is 0 Å². The molecule has 0 saturated heterocycles. The van der Waals surface area contributed by atoms with E-state index in [9.17, 15) is 26.4 Å². The van der Waals surface area contributed by atoms with Gasteiger partial charge in [-0.2, -0.15) is 0 Å². The predicted octanol–water partition coefficient (Wildman–Crippen LogP) is 0.751. The molecule has 0 saturated carbocycles. The van der Waals surface area contributed by atoms with Crippen molar-refractivity contribution < 1.29 is 31.2 Å². The van der Waals surface area contributed by atoms with Gasteiger partial charge in [0, 0.05) is 0 Å². The lowest BCUT2D eigenvalue weighted by molar-refractivity contribution is 0.0879. The van der Waals surface area contributed by atoms with Crippen molar-refractivity contribution in [2.45, 2.75) is 4.90 Å². The Kier molecular flexibility index (Phi) is 4.77. The van der Waals surface area contributed by atoms with Gasteiger partial charge in [0.25, 0.3) is 21.8 Å². The number of anilines is 2. The summed E-state index contributed by atoms with van der Waals surface area (Å²) in [5.41, 5.74) is 0.159. The molecule has 0 spiro atoms. The second-order valence-corrected chi connectivity index (χ2v) is 9.32. The average molecular weight is 425 g/mol. The highest BCUT2D eigenvalue weighted by molar-refractivity contribution is 7.92. The maximum atomic E-state index is 12.6. The number of sulfonamides is 2. The normalized spacial score (nSPS) is 13.6. The van der Waals surface area contributed by atoms with Crippen LogP contribution in [0, 0.1) is 0 Å². The zero-order chi connectivity index (χ0) is 20.7. The molecule has 2 aromatic carbocycles. The molecule has 28 heavy (non-hydrogen) atoms. The minimum atomic E-state index is -4.12. The van der Waals surface area contributed by atoms with Crippen LogP contribution in [0.3, 0.4) is 0 Å². The van der Waals surface area contributed by atoms with Crippen LogP contribution in [0.4, 0.5) is 11.4 Å². The molecule has 1 aliphatic rings. The van der Waals surface area contributed by atoms with Gasteiger partial charge < -0.3 is 4.74 Å². The number of hydrogen-bond donors (Lipinski definition) is 3. The first kappa shape index (κ1) is 19.6. The van der Waals surface area contributed by atoms with Gasteiger partial charge in [0.05, 0.1) is 40.8 Å². The Morgan fingerprint density at radius 2 is 1.57 bits per heavy atom. The zero-order valence-corrected chi connectivity index (χ0v) is 16.3. The standard InChI is InChI=1S/C16H15N3O7S2/c1-26-14-6-3-9(7-13(14)19-27(2,22)23)18-28(24,25)10-4-5-11-12(8-10)16(21)17-15(11)20/h3-8,18-19H,1-2H3,(H,17,20,21). The number of hydrogen-bond acceptors (Lipinski definition) is 7. The molecule has 10 nitrogen and oxygen atoms in total. The largest absolute Gasteiger partial charge is 0.495 e. The summed E-state index contributed by atoms with van der Waals surface area (Å²) in [6.45, 7) is 0. The van der Waals surface area contributed by atoms with Gasteiger partial charge in [0.1, 0.15) is 5.75 Å². The zero-order valence-electron chi connectivity index (χ0n) is 14.6. The van der Waals surface area contributed by atoms with Gasteiger partial charge in [0.15, 0.2) is 0 Å². The van der Waals surface area contributed by atoms with Crippen molar-refractivity contribution in [3.05, 3.63) is 47.5 Å². The molecule has 0 radical (unpaired) electrons. The van der Waals surface area contributed by atoms with Crippen LogP contribution in [-0.4, -0.2) is 42.0 Å². The molecule has 148 valence electrons. The monoisotopic (exact) mass is 425 g/mol. The number of fused-ring (bicyclic) bond motifs is 1. The lowest BCUT2D eigenvalue weighted by Crippen LogP contribution is -2.20. The van der Waals surface area contributed by atoms with Gasteiger partial charge >= 0.3 is 0 Å². The van der Waals surface area contributed by atoms with Crippen molar-refractivity contribution in [2.75, 3.05) is 22.8 Å². The fourth-order valence-electron chi connectivity index (χ4n) is 2.58. The van der Waals surface area contributed by atoms with E-state index in [2.05, 4.69) is 14.8 Å². The van der Waals surface area contributed by atoms with Crippen LogP contribution >= 0.6 is 0 Å². The summed E-state index contributed by atoms with van der Waals surface area (Å²) >= 11 is 0. The molecule has 12 heteroatoms. The van der Waals surface area contributed by atoms with Crippen molar-refractivity contribution >= 4 is 43.2 Å². The van der Waals surface area contributed by atoms with Crippen LogP contribution in [0.15, 0.2) is 41.3 Å². The summed E-state index contributed by atoms with van der Waals surface area (Å²) < 4.78 is 57.8. The lowest BCUT2D eigenvalue weighted by atomic mass is 10.1. The molecule has 3 N–H and O–H groups in total. The smallest absolute Gasteiger partial charge is 0.261 e. The Morgan fingerprint density at radius 3 is 2.21 bits per heavy atom. The molecular weight excluding hydrogens is 410 g/mol. The SMILES string of the molecule is COc1ccc(NS(=O)(=O)c2ccc3c(c2)C(=O)NC3=O)cc1NS(C)(=O)=O. The first-order valence-electron chi connectivity index (χ1n) is 7.68. The summed E-state index contributed by atoms with van der Waals surface area (Å²) in [4.78, 5) is 23.1. The maximum absolute atomic E-state index is 12.6. The van der Waals surface area contributed by atoms with Crippen LogP contribution in [0.5, 0.6) is 5.75 Å². The third-order valence-electron chi connectivity index (χ3n) is 3.76. The molecule has 1 aliphatic heterocycles. The molecule has 0 aromatic heterocycles. The number of imide groups is 1. The number of rotatable bonds is 6. The van der Waals surface area contributed by atoms with Crippen LogP contribution < -0.4 is 19.5 Å². The average Bonchev–Trinajstić information content (AvgIpc) is 2.87.